The Morgan fingerprint density at radius 3 is 2.71 bits per heavy atom. The maximum atomic E-state index is 15.5. The van der Waals surface area contributed by atoms with Crippen molar-refractivity contribution in [3.8, 4) is 11.3 Å². The molecule has 1 heterocycles. The van der Waals surface area contributed by atoms with E-state index in [4.69, 9.17) is 17.2 Å². The van der Waals surface area contributed by atoms with E-state index >= 15 is 4.39 Å². The molecule has 28 heavy (non-hydrogen) atoms. The normalized spacial score (nSPS) is 15.9. The van der Waals surface area contributed by atoms with E-state index in [2.05, 4.69) is 28.3 Å². The van der Waals surface area contributed by atoms with Gasteiger partial charge in [-0.3, -0.25) is 4.98 Å². The predicted octanol–water partition coefficient (Wildman–Crippen LogP) is 3.01. The van der Waals surface area contributed by atoms with Crippen LogP contribution in [-0.4, -0.2) is 16.5 Å². The van der Waals surface area contributed by atoms with E-state index < -0.39 is 0 Å². The molecule has 0 bridgehead atoms. The minimum absolute atomic E-state index is 0.190. The van der Waals surface area contributed by atoms with Crippen LogP contribution in [-0.2, 0) is 6.42 Å². The highest BCUT2D eigenvalue weighted by atomic mass is 19.1. The number of hydrogen-bond acceptors (Lipinski definition) is 6. The fraction of sp³-hybridized carbons (Fsp3) is 0.429. The molecule has 7 N–H and O–H groups in total. The molecule has 2 aromatic rings. The van der Waals surface area contributed by atoms with Gasteiger partial charge >= 0.3 is 0 Å². The Hall–Kier alpha value is -2.83. The molecule has 7 heteroatoms. The highest BCUT2D eigenvalue weighted by molar-refractivity contribution is 5.62. The molecule has 1 aromatic heterocycles. The van der Waals surface area contributed by atoms with Gasteiger partial charge in [0, 0.05) is 18.3 Å². The quantitative estimate of drug-likeness (QED) is 0.556. The number of aromatic nitrogens is 2. The maximum absolute atomic E-state index is 15.5. The first-order chi connectivity index (χ1) is 13.5. The second-order valence-corrected chi connectivity index (χ2v) is 7.60. The molecule has 0 amide bonds. The highest BCUT2D eigenvalue weighted by Crippen LogP contribution is 2.40. The zero-order valence-electron chi connectivity index (χ0n) is 16.3. The predicted molar refractivity (Wildman–Crippen MR) is 110 cm³/mol. The number of nitrogens with two attached hydrogens (primary N) is 3. The molecule has 1 atom stereocenters. The number of anilines is 1. The lowest BCUT2D eigenvalue weighted by Gasteiger charge is -2.29. The van der Waals surface area contributed by atoms with Crippen molar-refractivity contribution in [3.05, 3.63) is 53.5 Å². The molecule has 150 valence electrons. The minimum atomic E-state index is -0.190. The third-order valence-corrected chi connectivity index (χ3v) is 5.49. The lowest BCUT2D eigenvalue weighted by Crippen LogP contribution is -2.26. The standard InChI is InChI=1S/C21H29FN6/c1-13(10-27-19(24)9-23)5-6-16-15(14-3-2-4-14)7-8-17(21(16)22)18-11-28-20(25)12-26-18/h7-9,11-14,27H,2-6,10,23-24H2,1H3,(H2,25,28)/b19-9-. The number of nitrogen functional groups attached to an aromatic ring is 1. The van der Waals surface area contributed by atoms with Gasteiger partial charge in [0.1, 0.15) is 17.5 Å². The van der Waals surface area contributed by atoms with Gasteiger partial charge in [-0.25, -0.2) is 9.37 Å². The molecular formula is C21H29FN6. The Kier molecular flexibility index (Phi) is 6.34. The van der Waals surface area contributed by atoms with E-state index in [1.54, 1.807) is 0 Å². The molecular weight excluding hydrogens is 355 g/mol. The first kappa shape index (κ1) is 19.9. The highest BCUT2D eigenvalue weighted by Gasteiger charge is 2.25. The van der Waals surface area contributed by atoms with E-state index in [1.165, 1.54) is 25.0 Å². The molecule has 1 unspecified atom stereocenters. The summed E-state index contributed by atoms with van der Waals surface area (Å²) < 4.78 is 15.5. The van der Waals surface area contributed by atoms with Gasteiger partial charge in [-0.05, 0) is 54.7 Å². The van der Waals surface area contributed by atoms with Gasteiger partial charge < -0.3 is 22.5 Å². The van der Waals surface area contributed by atoms with Gasteiger partial charge in [-0.2, -0.15) is 0 Å². The summed E-state index contributed by atoms with van der Waals surface area (Å²) >= 11 is 0. The molecule has 0 saturated heterocycles. The smallest absolute Gasteiger partial charge is 0.141 e. The first-order valence-electron chi connectivity index (χ1n) is 9.80. The van der Waals surface area contributed by atoms with E-state index in [1.807, 2.05) is 6.07 Å². The van der Waals surface area contributed by atoms with E-state index in [0.29, 0.717) is 47.7 Å². The van der Waals surface area contributed by atoms with Crippen molar-refractivity contribution >= 4 is 5.82 Å². The van der Waals surface area contributed by atoms with Crippen LogP contribution in [0, 0.1) is 11.7 Å². The minimum Gasteiger partial charge on any atom is -0.402 e. The second-order valence-electron chi connectivity index (χ2n) is 7.60. The van der Waals surface area contributed by atoms with E-state index in [-0.39, 0.29) is 5.82 Å². The summed E-state index contributed by atoms with van der Waals surface area (Å²) in [6.45, 7) is 2.82. The number of halogens is 1. The van der Waals surface area contributed by atoms with Crippen LogP contribution >= 0.6 is 0 Å². The molecule has 1 saturated carbocycles. The van der Waals surface area contributed by atoms with Crippen molar-refractivity contribution in [2.24, 2.45) is 17.4 Å². The second kappa shape index (κ2) is 8.91. The topological polar surface area (TPSA) is 116 Å². The van der Waals surface area contributed by atoms with Crippen molar-refractivity contribution < 1.29 is 4.39 Å². The van der Waals surface area contributed by atoms with Crippen LogP contribution in [0.4, 0.5) is 10.2 Å². The zero-order valence-corrected chi connectivity index (χ0v) is 16.3. The molecule has 1 fully saturated rings. The lowest BCUT2D eigenvalue weighted by atomic mass is 9.76. The molecule has 0 spiro atoms. The van der Waals surface area contributed by atoms with E-state index in [0.717, 1.165) is 30.4 Å². The SMILES string of the molecule is CC(CCc1c(C2CCC2)ccc(-c2cnc(N)cn2)c1F)CN/C(N)=C\N. The summed E-state index contributed by atoms with van der Waals surface area (Å²) in [5.41, 5.74) is 19.6. The van der Waals surface area contributed by atoms with Crippen molar-refractivity contribution in [1.29, 1.82) is 0 Å². The van der Waals surface area contributed by atoms with Crippen molar-refractivity contribution in [2.45, 2.75) is 44.9 Å². The third-order valence-electron chi connectivity index (χ3n) is 5.49. The molecule has 6 nitrogen and oxygen atoms in total. The van der Waals surface area contributed by atoms with Gasteiger partial charge in [0.05, 0.1) is 18.1 Å². The van der Waals surface area contributed by atoms with Gasteiger partial charge in [-0.15, -0.1) is 0 Å². The maximum Gasteiger partial charge on any atom is 0.141 e. The van der Waals surface area contributed by atoms with Crippen LogP contribution in [0.3, 0.4) is 0 Å². The summed E-state index contributed by atoms with van der Waals surface area (Å²) in [5, 5.41) is 3.08. The Balaban J connectivity index is 1.82. The number of rotatable bonds is 8. The Morgan fingerprint density at radius 2 is 2.11 bits per heavy atom. The van der Waals surface area contributed by atoms with Crippen LogP contribution in [0.2, 0.25) is 0 Å². The van der Waals surface area contributed by atoms with Crippen molar-refractivity contribution in [3.63, 3.8) is 0 Å². The van der Waals surface area contributed by atoms with Gasteiger partial charge in [0.25, 0.3) is 0 Å². The Labute approximate surface area is 165 Å². The van der Waals surface area contributed by atoms with Crippen LogP contribution < -0.4 is 22.5 Å². The number of hydrogen-bond donors (Lipinski definition) is 4. The summed E-state index contributed by atoms with van der Waals surface area (Å²) in [6, 6.07) is 3.89. The molecule has 0 radical (unpaired) electrons. The van der Waals surface area contributed by atoms with E-state index in [9.17, 15) is 0 Å². The first-order valence-corrected chi connectivity index (χ1v) is 9.80. The van der Waals surface area contributed by atoms with Gasteiger partial charge in [0.15, 0.2) is 0 Å². The zero-order chi connectivity index (χ0) is 20.1. The fourth-order valence-corrected chi connectivity index (χ4v) is 3.51. The van der Waals surface area contributed by atoms with Crippen molar-refractivity contribution in [2.75, 3.05) is 12.3 Å². The summed E-state index contributed by atoms with van der Waals surface area (Å²) in [7, 11) is 0. The molecule has 1 aliphatic carbocycles. The number of nitrogens with zero attached hydrogens (tertiary/aromatic N) is 2. The molecule has 0 aliphatic heterocycles. The summed E-state index contributed by atoms with van der Waals surface area (Å²) in [5.74, 6) is 1.37. The van der Waals surface area contributed by atoms with Crippen LogP contribution in [0.1, 0.15) is 49.7 Å². The number of benzene rings is 1. The number of nitrogens with one attached hydrogen (secondary N) is 1. The van der Waals surface area contributed by atoms with Gasteiger partial charge in [-0.1, -0.05) is 19.4 Å². The van der Waals surface area contributed by atoms with Crippen LogP contribution in [0.5, 0.6) is 0 Å². The molecule has 3 rings (SSSR count). The summed E-state index contributed by atoms with van der Waals surface area (Å²) in [4.78, 5) is 8.29. The Bertz CT molecular complexity index is 830. The largest absolute Gasteiger partial charge is 0.402 e. The average Bonchev–Trinajstić information content (AvgIpc) is 2.65. The van der Waals surface area contributed by atoms with Crippen LogP contribution in [0.15, 0.2) is 36.5 Å². The summed E-state index contributed by atoms with van der Waals surface area (Å²) in [6.07, 6.45) is 9.30. The average molecular weight is 385 g/mol. The van der Waals surface area contributed by atoms with Crippen LogP contribution in [0.25, 0.3) is 11.3 Å². The third kappa shape index (κ3) is 4.52. The fourth-order valence-electron chi connectivity index (χ4n) is 3.51. The van der Waals surface area contributed by atoms with Gasteiger partial charge in [0.2, 0.25) is 0 Å². The molecule has 1 aliphatic rings. The monoisotopic (exact) mass is 384 g/mol. The lowest BCUT2D eigenvalue weighted by molar-refractivity contribution is 0.411. The van der Waals surface area contributed by atoms with Crippen molar-refractivity contribution in [1.82, 2.24) is 15.3 Å². The molecule has 1 aromatic carbocycles. The Morgan fingerprint density at radius 1 is 1.32 bits per heavy atom.